The maximum atomic E-state index is 5.21. The minimum absolute atomic E-state index is 0.855. The van der Waals surface area contributed by atoms with E-state index in [2.05, 4.69) is 27.7 Å². The molecule has 0 amide bonds. The molecule has 0 aromatic heterocycles. The Bertz CT molecular complexity index is 95.6. The fraction of sp³-hybridized carbons (Fsp3) is 1.00. The van der Waals surface area contributed by atoms with Gasteiger partial charge in [0.15, 0.2) is 0 Å². The summed E-state index contributed by atoms with van der Waals surface area (Å²) in [4.78, 5) is 0. The average molecular weight is 349 g/mol. The molecule has 0 spiro atoms. The lowest BCUT2D eigenvalue weighted by Crippen LogP contribution is -1.96. The summed E-state index contributed by atoms with van der Waals surface area (Å²) >= 11 is 0. The van der Waals surface area contributed by atoms with Crippen molar-refractivity contribution < 1.29 is 0 Å². The first-order chi connectivity index (χ1) is 11.7. The number of nitrogens with two attached hydrogens (primary N) is 4. The molecule has 0 heterocycles. The van der Waals surface area contributed by atoms with Gasteiger partial charge in [-0.2, -0.15) is 0 Å². The van der Waals surface area contributed by atoms with Crippen molar-refractivity contribution in [3.63, 3.8) is 0 Å². The monoisotopic (exact) mass is 348 g/mol. The second kappa shape index (κ2) is 43.4. The Kier molecular flexibility index (Phi) is 57.2. The molecule has 0 aromatic carbocycles. The van der Waals surface area contributed by atoms with Crippen LogP contribution in [0.25, 0.3) is 0 Å². The van der Waals surface area contributed by atoms with Gasteiger partial charge in [-0.25, -0.2) is 0 Å². The van der Waals surface area contributed by atoms with E-state index >= 15 is 0 Å². The maximum Gasteiger partial charge on any atom is -0.00773 e. The van der Waals surface area contributed by atoms with E-state index in [1.165, 1.54) is 77.0 Å². The lowest BCUT2D eigenvalue weighted by atomic mass is 10.3. The van der Waals surface area contributed by atoms with Crippen LogP contribution in [0.5, 0.6) is 0 Å². The van der Waals surface area contributed by atoms with Crippen LogP contribution in [0.3, 0.4) is 0 Å². The molecule has 0 aliphatic heterocycles. The molecule has 0 saturated heterocycles. The summed E-state index contributed by atoms with van der Waals surface area (Å²) in [5, 5.41) is 0. The van der Waals surface area contributed by atoms with Gasteiger partial charge in [0.2, 0.25) is 0 Å². The molecular weight excluding hydrogens is 296 g/mol. The van der Waals surface area contributed by atoms with Crippen LogP contribution in [0, 0.1) is 0 Å². The van der Waals surface area contributed by atoms with Gasteiger partial charge in [-0.3, -0.25) is 0 Å². The van der Waals surface area contributed by atoms with E-state index < -0.39 is 0 Å². The van der Waals surface area contributed by atoms with Crippen molar-refractivity contribution in [1.29, 1.82) is 0 Å². The number of rotatable bonds is 12. The van der Waals surface area contributed by atoms with E-state index in [0.717, 1.165) is 26.2 Å². The first kappa shape index (κ1) is 31.6. The van der Waals surface area contributed by atoms with Crippen molar-refractivity contribution >= 4 is 0 Å². The second-order valence-electron chi connectivity index (χ2n) is 5.98. The molecule has 0 aliphatic carbocycles. The molecule has 0 rings (SSSR count). The number of unbranched alkanes of at least 4 members (excludes halogenated alkanes) is 8. The highest BCUT2D eigenvalue weighted by molar-refractivity contribution is 4.36. The molecular formula is C20H52N4. The molecule has 0 fully saturated rings. The third-order valence-electron chi connectivity index (χ3n) is 3.23. The van der Waals surface area contributed by atoms with E-state index in [-0.39, 0.29) is 0 Å². The van der Waals surface area contributed by atoms with Gasteiger partial charge in [-0.05, 0) is 51.9 Å². The van der Waals surface area contributed by atoms with Crippen LogP contribution < -0.4 is 22.9 Å². The molecule has 0 atom stereocenters. The highest BCUT2D eigenvalue weighted by atomic mass is 14.5. The van der Waals surface area contributed by atoms with Gasteiger partial charge in [-0.15, -0.1) is 0 Å². The standard InChI is InChI=1S/4C5H13N/c4*1-2-3-4-5-6/h4*2-6H2,1H3. The first-order valence-electron chi connectivity index (χ1n) is 10.5. The zero-order valence-corrected chi connectivity index (χ0v) is 17.6. The van der Waals surface area contributed by atoms with Crippen LogP contribution in [-0.4, -0.2) is 26.2 Å². The minimum Gasteiger partial charge on any atom is -0.330 e. The van der Waals surface area contributed by atoms with Gasteiger partial charge in [0.1, 0.15) is 0 Å². The van der Waals surface area contributed by atoms with E-state index in [1.807, 2.05) is 0 Å². The van der Waals surface area contributed by atoms with Crippen molar-refractivity contribution in [2.24, 2.45) is 22.9 Å². The van der Waals surface area contributed by atoms with Gasteiger partial charge in [0.25, 0.3) is 0 Å². The third kappa shape index (κ3) is 67.7. The van der Waals surface area contributed by atoms with Gasteiger partial charge in [0, 0.05) is 0 Å². The molecule has 4 nitrogen and oxygen atoms in total. The van der Waals surface area contributed by atoms with Crippen LogP contribution in [0.15, 0.2) is 0 Å². The molecule has 0 aliphatic rings. The largest absolute Gasteiger partial charge is 0.330 e. The quantitative estimate of drug-likeness (QED) is 0.388. The smallest absolute Gasteiger partial charge is 0.00773 e. The Hall–Kier alpha value is -0.160. The highest BCUT2D eigenvalue weighted by Gasteiger charge is 1.77. The molecule has 24 heavy (non-hydrogen) atoms. The van der Waals surface area contributed by atoms with Crippen molar-refractivity contribution in [2.75, 3.05) is 26.2 Å². The zero-order valence-electron chi connectivity index (χ0n) is 17.6. The molecule has 0 bridgehead atoms. The van der Waals surface area contributed by atoms with E-state index in [9.17, 15) is 0 Å². The Morgan fingerprint density at radius 1 is 0.333 bits per heavy atom. The third-order valence-corrected chi connectivity index (χ3v) is 3.23. The van der Waals surface area contributed by atoms with Crippen LogP contribution in [0.4, 0.5) is 0 Å². The van der Waals surface area contributed by atoms with Crippen molar-refractivity contribution in [3.05, 3.63) is 0 Å². The summed E-state index contributed by atoms with van der Waals surface area (Å²) in [6, 6.07) is 0. The Balaban J connectivity index is -0.000000111. The van der Waals surface area contributed by atoms with Gasteiger partial charge in [0.05, 0.1) is 0 Å². The normalized spacial score (nSPS) is 9.00. The van der Waals surface area contributed by atoms with Crippen LogP contribution in [-0.2, 0) is 0 Å². The minimum atomic E-state index is 0.855. The SMILES string of the molecule is CCCCCN.CCCCCN.CCCCCN.CCCCCN. The van der Waals surface area contributed by atoms with Crippen molar-refractivity contribution in [1.82, 2.24) is 0 Å². The lowest BCUT2D eigenvalue weighted by molar-refractivity contribution is 0.727. The summed E-state index contributed by atoms with van der Waals surface area (Å²) in [7, 11) is 0. The molecule has 4 heteroatoms. The predicted molar refractivity (Wildman–Crippen MR) is 114 cm³/mol. The van der Waals surface area contributed by atoms with Crippen molar-refractivity contribution in [2.45, 2.75) is 105 Å². The van der Waals surface area contributed by atoms with E-state index in [0.29, 0.717) is 0 Å². The predicted octanol–water partition coefficient (Wildman–Crippen LogP) is 4.54. The summed E-state index contributed by atoms with van der Waals surface area (Å²) in [5.41, 5.74) is 20.9. The van der Waals surface area contributed by atoms with E-state index in [4.69, 9.17) is 22.9 Å². The summed E-state index contributed by atoms with van der Waals surface area (Å²) in [6.07, 6.45) is 15.0. The summed E-state index contributed by atoms with van der Waals surface area (Å²) in [5.74, 6) is 0. The highest BCUT2D eigenvalue weighted by Crippen LogP contribution is 1.89. The topological polar surface area (TPSA) is 104 Å². The average Bonchev–Trinajstić information content (AvgIpc) is 2.62. The van der Waals surface area contributed by atoms with Gasteiger partial charge in [-0.1, -0.05) is 79.1 Å². The number of hydrogen-bond donors (Lipinski definition) is 4. The maximum absolute atomic E-state index is 5.21. The molecule has 0 saturated carbocycles. The van der Waals surface area contributed by atoms with Crippen molar-refractivity contribution in [3.8, 4) is 0 Å². The molecule has 0 radical (unpaired) electrons. The molecule has 152 valence electrons. The molecule has 8 N–H and O–H groups in total. The molecule has 0 unspecified atom stereocenters. The zero-order chi connectivity index (χ0) is 19.3. The summed E-state index contributed by atoms with van der Waals surface area (Å²) in [6.45, 7) is 12.1. The second-order valence-corrected chi connectivity index (χ2v) is 5.98. The summed E-state index contributed by atoms with van der Waals surface area (Å²) < 4.78 is 0. The Morgan fingerprint density at radius 2 is 0.500 bits per heavy atom. The van der Waals surface area contributed by atoms with Gasteiger partial charge < -0.3 is 22.9 Å². The Morgan fingerprint density at radius 3 is 0.542 bits per heavy atom. The number of hydrogen-bond acceptors (Lipinski definition) is 4. The van der Waals surface area contributed by atoms with Gasteiger partial charge >= 0.3 is 0 Å². The fourth-order valence-corrected chi connectivity index (χ4v) is 1.58. The fourth-order valence-electron chi connectivity index (χ4n) is 1.58. The van der Waals surface area contributed by atoms with Crippen LogP contribution in [0.2, 0.25) is 0 Å². The van der Waals surface area contributed by atoms with Crippen LogP contribution in [0.1, 0.15) is 105 Å². The lowest BCUT2D eigenvalue weighted by Gasteiger charge is -1.86. The first-order valence-corrected chi connectivity index (χ1v) is 10.5. The van der Waals surface area contributed by atoms with E-state index in [1.54, 1.807) is 0 Å². The van der Waals surface area contributed by atoms with Crippen LogP contribution >= 0.6 is 0 Å². The molecule has 0 aromatic rings. The Labute approximate surface area is 154 Å².